The van der Waals surface area contributed by atoms with Crippen molar-refractivity contribution < 1.29 is 22.4 Å². The van der Waals surface area contributed by atoms with Crippen LogP contribution in [0.3, 0.4) is 0 Å². The molecule has 6 rings (SSSR count). The number of H-pyrrole nitrogens is 1. The number of rotatable bonds is 7. The first-order chi connectivity index (χ1) is 19.7. The zero-order chi connectivity index (χ0) is 28.6. The summed E-state index contributed by atoms with van der Waals surface area (Å²) in [6.45, 7) is 0. The Morgan fingerprint density at radius 2 is 1.78 bits per heavy atom. The van der Waals surface area contributed by atoms with Crippen LogP contribution in [0.4, 0.5) is 29.1 Å². The van der Waals surface area contributed by atoms with Gasteiger partial charge in [-0.15, -0.1) is 0 Å². The van der Waals surface area contributed by atoms with Crippen molar-refractivity contribution in [2.24, 2.45) is 0 Å². The molecule has 41 heavy (non-hydrogen) atoms. The number of amides is 1. The maximum Gasteiger partial charge on any atom is 0.416 e. The highest BCUT2D eigenvalue weighted by molar-refractivity contribution is 5.94. The van der Waals surface area contributed by atoms with Crippen molar-refractivity contribution in [3.63, 3.8) is 0 Å². The second-order valence-electron chi connectivity index (χ2n) is 9.64. The van der Waals surface area contributed by atoms with Crippen LogP contribution in [0.15, 0.2) is 85.2 Å². The Bertz CT molecular complexity index is 1750. The average molecular weight is 559 g/mol. The molecule has 0 aliphatic heterocycles. The molecule has 1 fully saturated rings. The fourth-order valence-corrected chi connectivity index (χ4v) is 4.32. The van der Waals surface area contributed by atoms with E-state index in [1.165, 1.54) is 12.1 Å². The molecule has 5 aromatic rings. The van der Waals surface area contributed by atoms with Gasteiger partial charge < -0.3 is 10.6 Å². The van der Waals surface area contributed by atoms with Gasteiger partial charge in [0.15, 0.2) is 5.82 Å². The summed E-state index contributed by atoms with van der Waals surface area (Å²) in [5, 5.41) is 12.6. The summed E-state index contributed by atoms with van der Waals surface area (Å²) in [5.74, 6) is 0.0960. The lowest BCUT2D eigenvalue weighted by atomic mass is 10.1. The molecule has 2 atom stereocenters. The van der Waals surface area contributed by atoms with E-state index in [9.17, 15) is 22.4 Å². The van der Waals surface area contributed by atoms with Crippen LogP contribution < -0.4 is 10.6 Å². The Labute approximate surface area is 231 Å². The first-order valence-corrected chi connectivity index (χ1v) is 12.7. The number of nitrogens with zero attached hydrogens (tertiary/aromatic N) is 3. The monoisotopic (exact) mass is 558 g/mol. The molecule has 0 bridgehead atoms. The third-order valence-electron chi connectivity index (χ3n) is 6.61. The summed E-state index contributed by atoms with van der Waals surface area (Å²) in [6, 6.07) is 17.3. The molecule has 2 unspecified atom stereocenters. The Kier molecular flexibility index (Phi) is 6.70. The standard InChI is InChI=1S/C30H22F4N6O/c31-24-14-26(24)38-27(41)11-4-17-2-1-3-19(12-17)28-39-25-10-7-21(30(32,33)34)13-23(25)29(40-28)37-22-8-5-18(6-9-22)20-15-35-36-16-20/h1-13,15-16,24,26H,14H2,(H,35,36)(H,38,41)(H,37,39,40)/b11-4+. The number of carbonyl (C=O) groups is 1. The lowest BCUT2D eigenvalue weighted by molar-refractivity contribution is -0.137. The van der Waals surface area contributed by atoms with Gasteiger partial charge in [-0.05, 0) is 53.6 Å². The van der Waals surface area contributed by atoms with Crippen molar-refractivity contribution in [3.05, 3.63) is 96.3 Å². The van der Waals surface area contributed by atoms with Gasteiger partial charge in [0.1, 0.15) is 12.0 Å². The van der Waals surface area contributed by atoms with E-state index in [2.05, 4.69) is 30.8 Å². The van der Waals surface area contributed by atoms with Crippen LogP contribution in [0.5, 0.6) is 0 Å². The quantitative estimate of drug-likeness (QED) is 0.153. The zero-order valence-corrected chi connectivity index (χ0v) is 21.3. The van der Waals surface area contributed by atoms with Crippen molar-refractivity contribution in [3.8, 4) is 22.5 Å². The largest absolute Gasteiger partial charge is 0.416 e. The average Bonchev–Trinajstić information content (AvgIpc) is 3.39. The lowest BCUT2D eigenvalue weighted by Gasteiger charge is -2.14. The van der Waals surface area contributed by atoms with E-state index < -0.39 is 29.9 Å². The molecule has 206 valence electrons. The van der Waals surface area contributed by atoms with E-state index in [1.54, 1.807) is 54.9 Å². The van der Waals surface area contributed by atoms with Crippen molar-refractivity contribution in [1.29, 1.82) is 0 Å². The van der Waals surface area contributed by atoms with Gasteiger partial charge in [-0.2, -0.15) is 18.3 Å². The summed E-state index contributed by atoms with van der Waals surface area (Å²) in [6.07, 6.45) is 1.15. The second-order valence-corrected chi connectivity index (χ2v) is 9.64. The molecule has 1 saturated carbocycles. The molecule has 0 spiro atoms. The molecule has 11 heteroatoms. The molecule has 3 aromatic carbocycles. The number of carbonyl (C=O) groups excluding carboxylic acids is 1. The highest BCUT2D eigenvalue weighted by Gasteiger charge is 2.38. The number of anilines is 2. The fourth-order valence-electron chi connectivity index (χ4n) is 4.32. The van der Waals surface area contributed by atoms with E-state index in [0.717, 1.165) is 23.3 Å². The summed E-state index contributed by atoms with van der Waals surface area (Å²) < 4.78 is 53.7. The van der Waals surface area contributed by atoms with Gasteiger partial charge in [0, 0.05) is 40.9 Å². The van der Waals surface area contributed by atoms with Crippen molar-refractivity contribution in [1.82, 2.24) is 25.5 Å². The number of fused-ring (bicyclic) bond motifs is 1. The first kappa shape index (κ1) is 26.2. The molecular formula is C30H22F4N6O. The number of hydrogen-bond donors (Lipinski definition) is 3. The van der Waals surface area contributed by atoms with Crippen LogP contribution >= 0.6 is 0 Å². The summed E-state index contributed by atoms with van der Waals surface area (Å²) in [7, 11) is 0. The number of aromatic amines is 1. The molecule has 2 heterocycles. The second kappa shape index (κ2) is 10.5. The number of nitrogens with one attached hydrogen (secondary N) is 3. The topological polar surface area (TPSA) is 95.6 Å². The van der Waals surface area contributed by atoms with Gasteiger partial charge in [-0.1, -0.05) is 30.3 Å². The van der Waals surface area contributed by atoms with E-state index in [-0.39, 0.29) is 17.0 Å². The Morgan fingerprint density at radius 3 is 2.49 bits per heavy atom. The lowest BCUT2D eigenvalue weighted by Crippen LogP contribution is -2.24. The normalized spacial score (nSPS) is 16.7. The van der Waals surface area contributed by atoms with Gasteiger partial charge in [0.2, 0.25) is 5.91 Å². The smallest absolute Gasteiger partial charge is 0.347 e. The Balaban J connectivity index is 1.34. The van der Waals surface area contributed by atoms with Gasteiger partial charge in [-0.3, -0.25) is 9.89 Å². The predicted molar refractivity (Wildman–Crippen MR) is 148 cm³/mol. The molecular weight excluding hydrogens is 536 g/mol. The van der Waals surface area contributed by atoms with Crippen molar-refractivity contribution >= 4 is 34.4 Å². The van der Waals surface area contributed by atoms with Crippen molar-refractivity contribution in [2.45, 2.75) is 24.8 Å². The van der Waals surface area contributed by atoms with Crippen molar-refractivity contribution in [2.75, 3.05) is 5.32 Å². The number of benzene rings is 3. The Hall–Kier alpha value is -5.06. The molecule has 1 aliphatic carbocycles. The van der Waals surface area contributed by atoms with E-state index in [1.807, 2.05) is 12.1 Å². The maximum absolute atomic E-state index is 13.5. The number of halogens is 4. The fraction of sp³-hybridized carbons (Fsp3) is 0.133. The number of hydrogen-bond acceptors (Lipinski definition) is 5. The molecule has 1 aliphatic rings. The van der Waals surface area contributed by atoms with Gasteiger partial charge in [0.05, 0.1) is 23.3 Å². The number of aromatic nitrogens is 4. The van der Waals surface area contributed by atoms with Gasteiger partial charge in [-0.25, -0.2) is 14.4 Å². The minimum Gasteiger partial charge on any atom is -0.347 e. The third kappa shape index (κ3) is 5.93. The van der Waals surface area contributed by atoms with Gasteiger partial charge in [0.25, 0.3) is 0 Å². The van der Waals surface area contributed by atoms with E-state index >= 15 is 0 Å². The molecule has 3 N–H and O–H groups in total. The highest BCUT2D eigenvalue weighted by atomic mass is 19.4. The molecule has 7 nitrogen and oxygen atoms in total. The van der Waals surface area contributed by atoms with Gasteiger partial charge >= 0.3 is 6.18 Å². The summed E-state index contributed by atoms with van der Waals surface area (Å²) >= 11 is 0. The summed E-state index contributed by atoms with van der Waals surface area (Å²) in [4.78, 5) is 21.2. The molecule has 1 amide bonds. The SMILES string of the molecule is O=C(/C=C/c1cccc(-c2nc(Nc3ccc(-c4cn[nH]c4)cc3)c3cc(C(F)(F)F)ccc3n2)c1)NC1CC1F. The minimum absolute atomic E-state index is 0.206. The zero-order valence-electron chi connectivity index (χ0n) is 21.3. The Morgan fingerprint density at radius 1 is 0.976 bits per heavy atom. The minimum atomic E-state index is -4.53. The van der Waals surface area contributed by atoms with Crippen LogP contribution in [0.25, 0.3) is 39.5 Å². The van der Waals surface area contributed by atoms with Crippen LogP contribution in [-0.2, 0) is 11.0 Å². The predicted octanol–water partition coefficient (Wildman–Crippen LogP) is 6.69. The molecule has 2 aromatic heterocycles. The highest BCUT2D eigenvalue weighted by Crippen LogP contribution is 2.35. The first-order valence-electron chi connectivity index (χ1n) is 12.7. The summed E-state index contributed by atoms with van der Waals surface area (Å²) in [5.41, 5.74) is 3.21. The van der Waals surface area contributed by atoms with Crippen LogP contribution in [0.1, 0.15) is 17.5 Å². The van der Waals surface area contributed by atoms with E-state index in [0.29, 0.717) is 28.8 Å². The number of alkyl halides is 4. The van der Waals surface area contributed by atoms with Crippen LogP contribution in [0, 0.1) is 0 Å². The molecule has 0 saturated heterocycles. The van der Waals surface area contributed by atoms with Crippen LogP contribution in [0.2, 0.25) is 0 Å². The van der Waals surface area contributed by atoms with E-state index in [4.69, 9.17) is 0 Å². The molecule has 0 radical (unpaired) electrons. The van der Waals surface area contributed by atoms with Crippen LogP contribution in [-0.4, -0.2) is 38.3 Å². The third-order valence-corrected chi connectivity index (χ3v) is 6.61. The maximum atomic E-state index is 13.5.